The summed E-state index contributed by atoms with van der Waals surface area (Å²) in [4.78, 5) is 0. The Morgan fingerprint density at radius 3 is 2.40 bits per heavy atom. The zero-order valence-electron chi connectivity index (χ0n) is 12.0. The molecule has 5 heteroatoms. The van der Waals surface area contributed by atoms with Crippen LogP contribution in [0, 0.1) is 0 Å². The second kappa shape index (κ2) is 6.17. The van der Waals surface area contributed by atoms with E-state index in [0.29, 0.717) is 16.6 Å². The van der Waals surface area contributed by atoms with Crippen LogP contribution in [-0.2, 0) is 13.1 Å². The standard InChI is InChI=1S/C15H19Cl2N3/c1-15(2,3)18-9-11-7-8-20(19-11)10-12-13(16)5-4-6-14(12)17/h4-8,18H,9-10H2,1-3H3. The fraction of sp³-hybridized carbons (Fsp3) is 0.400. The number of hydrogen-bond donors (Lipinski definition) is 1. The van der Waals surface area contributed by atoms with Crippen molar-refractivity contribution < 1.29 is 0 Å². The second-order valence-corrected chi connectivity index (χ2v) is 6.62. The van der Waals surface area contributed by atoms with Crippen LogP contribution in [0.15, 0.2) is 30.5 Å². The molecule has 0 atom stereocenters. The molecule has 2 rings (SSSR count). The summed E-state index contributed by atoms with van der Waals surface area (Å²) >= 11 is 12.3. The van der Waals surface area contributed by atoms with Crippen LogP contribution < -0.4 is 5.32 Å². The maximum atomic E-state index is 6.17. The number of hydrogen-bond acceptors (Lipinski definition) is 2. The SMILES string of the molecule is CC(C)(C)NCc1ccn(Cc2c(Cl)cccc2Cl)n1. The highest BCUT2D eigenvalue weighted by atomic mass is 35.5. The molecule has 3 nitrogen and oxygen atoms in total. The van der Waals surface area contributed by atoms with Crippen molar-refractivity contribution in [2.24, 2.45) is 0 Å². The van der Waals surface area contributed by atoms with Gasteiger partial charge in [-0.05, 0) is 39.0 Å². The Bertz CT molecular complexity index is 565. The van der Waals surface area contributed by atoms with E-state index in [9.17, 15) is 0 Å². The Morgan fingerprint density at radius 1 is 1.15 bits per heavy atom. The van der Waals surface area contributed by atoms with Gasteiger partial charge in [-0.25, -0.2) is 0 Å². The van der Waals surface area contributed by atoms with Crippen LogP contribution in [0.4, 0.5) is 0 Å². The summed E-state index contributed by atoms with van der Waals surface area (Å²) < 4.78 is 1.85. The van der Waals surface area contributed by atoms with Gasteiger partial charge < -0.3 is 5.32 Å². The van der Waals surface area contributed by atoms with E-state index in [0.717, 1.165) is 17.8 Å². The van der Waals surface area contributed by atoms with E-state index in [1.165, 1.54) is 0 Å². The summed E-state index contributed by atoms with van der Waals surface area (Å²) in [6, 6.07) is 7.53. The van der Waals surface area contributed by atoms with Gasteiger partial charge in [0.1, 0.15) is 0 Å². The van der Waals surface area contributed by atoms with E-state index in [-0.39, 0.29) is 5.54 Å². The number of aromatic nitrogens is 2. The molecule has 0 aliphatic heterocycles. The highest BCUT2D eigenvalue weighted by Gasteiger charge is 2.10. The van der Waals surface area contributed by atoms with Gasteiger partial charge in [-0.3, -0.25) is 4.68 Å². The summed E-state index contributed by atoms with van der Waals surface area (Å²) in [5, 5.41) is 9.28. The molecule has 0 saturated carbocycles. The first kappa shape index (κ1) is 15.4. The molecule has 0 aliphatic carbocycles. The highest BCUT2D eigenvalue weighted by molar-refractivity contribution is 6.35. The monoisotopic (exact) mass is 311 g/mol. The molecule has 0 saturated heterocycles. The Labute approximate surface area is 129 Å². The largest absolute Gasteiger partial charge is 0.306 e. The Balaban J connectivity index is 2.06. The van der Waals surface area contributed by atoms with Crippen molar-refractivity contribution in [1.29, 1.82) is 0 Å². The Kier molecular flexibility index (Phi) is 4.74. The van der Waals surface area contributed by atoms with Gasteiger partial charge in [0.25, 0.3) is 0 Å². The lowest BCUT2D eigenvalue weighted by Gasteiger charge is -2.19. The van der Waals surface area contributed by atoms with Gasteiger partial charge in [-0.2, -0.15) is 5.10 Å². The smallest absolute Gasteiger partial charge is 0.0762 e. The predicted octanol–water partition coefficient (Wildman–Crippen LogP) is 4.13. The van der Waals surface area contributed by atoms with Gasteiger partial charge in [0.2, 0.25) is 0 Å². The minimum absolute atomic E-state index is 0.0792. The molecule has 0 radical (unpaired) electrons. The van der Waals surface area contributed by atoms with Crippen molar-refractivity contribution in [2.75, 3.05) is 0 Å². The summed E-state index contributed by atoms with van der Waals surface area (Å²) in [5.41, 5.74) is 1.98. The van der Waals surface area contributed by atoms with Crippen molar-refractivity contribution in [3.8, 4) is 0 Å². The molecule has 0 fully saturated rings. The normalized spacial score (nSPS) is 11.8. The molecular formula is C15H19Cl2N3. The minimum Gasteiger partial charge on any atom is -0.306 e. The lowest BCUT2D eigenvalue weighted by molar-refractivity contribution is 0.419. The number of rotatable bonds is 4. The topological polar surface area (TPSA) is 29.9 Å². The number of benzene rings is 1. The molecule has 20 heavy (non-hydrogen) atoms. The summed E-state index contributed by atoms with van der Waals surface area (Å²) in [7, 11) is 0. The molecule has 2 aromatic rings. The molecular weight excluding hydrogens is 293 g/mol. The Hall–Kier alpha value is -1.03. The third kappa shape index (κ3) is 4.23. The van der Waals surface area contributed by atoms with Crippen LogP contribution in [0.3, 0.4) is 0 Å². The molecule has 0 aliphatic rings. The van der Waals surface area contributed by atoms with Crippen LogP contribution in [0.25, 0.3) is 0 Å². The molecule has 0 unspecified atom stereocenters. The molecule has 108 valence electrons. The number of nitrogens with zero attached hydrogens (tertiary/aromatic N) is 2. The van der Waals surface area contributed by atoms with Gasteiger partial charge in [-0.1, -0.05) is 29.3 Å². The van der Waals surface area contributed by atoms with Crippen molar-refractivity contribution in [3.63, 3.8) is 0 Å². The zero-order chi connectivity index (χ0) is 14.8. The minimum atomic E-state index is 0.0792. The van der Waals surface area contributed by atoms with Gasteiger partial charge >= 0.3 is 0 Å². The predicted molar refractivity (Wildman–Crippen MR) is 84.4 cm³/mol. The lowest BCUT2D eigenvalue weighted by Crippen LogP contribution is -2.35. The van der Waals surface area contributed by atoms with E-state index in [1.54, 1.807) is 0 Å². The second-order valence-electron chi connectivity index (χ2n) is 5.81. The van der Waals surface area contributed by atoms with Gasteiger partial charge in [-0.15, -0.1) is 0 Å². The van der Waals surface area contributed by atoms with Crippen molar-refractivity contribution in [3.05, 3.63) is 51.8 Å². The first-order valence-electron chi connectivity index (χ1n) is 6.55. The van der Waals surface area contributed by atoms with Crippen molar-refractivity contribution >= 4 is 23.2 Å². The van der Waals surface area contributed by atoms with E-state index >= 15 is 0 Å². The number of nitrogens with one attached hydrogen (secondary N) is 1. The van der Waals surface area contributed by atoms with Crippen LogP contribution in [-0.4, -0.2) is 15.3 Å². The van der Waals surface area contributed by atoms with Crippen LogP contribution in [0.1, 0.15) is 32.0 Å². The Morgan fingerprint density at radius 2 is 1.80 bits per heavy atom. The fourth-order valence-corrected chi connectivity index (χ4v) is 2.30. The molecule has 0 bridgehead atoms. The molecule has 1 aromatic carbocycles. The first-order chi connectivity index (χ1) is 9.35. The molecule has 1 aromatic heterocycles. The van der Waals surface area contributed by atoms with Crippen LogP contribution in [0.2, 0.25) is 10.0 Å². The third-order valence-corrected chi connectivity index (χ3v) is 3.59. The fourth-order valence-electron chi connectivity index (χ4n) is 1.79. The highest BCUT2D eigenvalue weighted by Crippen LogP contribution is 2.24. The first-order valence-corrected chi connectivity index (χ1v) is 7.31. The van der Waals surface area contributed by atoms with E-state index in [4.69, 9.17) is 23.2 Å². The van der Waals surface area contributed by atoms with Crippen LogP contribution >= 0.6 is 23.2 Å². The van der Waals surface area contributed by atoms with E-state index < -0.39 is 0 Å². The van der Waals surface area contributed by atoms with Crippen LogP contribution in [0.5, 0.6) is 0 Å². The van der Waals surface area contributed by atoms with Gasteiger partial charge in [0.05, 0.1) is 12.2 Å². The maximum absolute atomic E-state index is 6.17. The molecule has 1 heterocycles. The molecule has 0 amide bonds. The maximum Gasteiger partial charge on any atom is 0.0762 e. The van der Waals surface area contributed by atoms with Gasteiger partial charge in [0, 0.05) is 33.9 Å². The van der Waals surface area contributed by atoms with Gasteiger partial charge in [0.15, 0.2) is 0 Å². The molecule has 0 spiro atoms. The van der Waals surface area contributed by atoms with Crippen molar-refractivity contribution in [2.45, 2.75) is 39.4 Å². The van der Waals surface area contributed by atoms with E-state index in [1.807, 2.05) is 35.1 Å². The summed E-state index contributed by atoms with van der Waals surface area (Å²) in [5.74, 6) is 0. The summed E-state index contributed by atoms with van der Waals surface area (Å²) in [6.45, 7) is 7.72. The molecule has 1 N–H and O–H groups in total. The number of halogens is 2. The average molecular weight is 312 g/mol. The summed E-state index contributed by atoms with van der Waals surface area (Å²) in [6.07, 6.45) is 1.94. The average Bonchev–Trinajstić information content (AvgIpc) is 2.79. The zero-order valence-corrected chi connectivity index (χ0v) is 13.5. The van der Waals surface area contributed by atoms with E-state index in [2.05, 4.69) is 31.2 Å². The third-order valence-electron chi connectivity index (χ3n) is 2.88. The van der Waals surface area contributed by atoms with Crippen molar-refractivity contribution in [1.82, 2.24) is 15.1 Å². The quantitative estimate of drug-likeness (QED) is 0.920. The lowest BCUT2D eigenvalue weighted by atomic mass is 10.1.